The van der Waals surface area contributed by atoms with Crippen molar-refractivity contribution >= 4 is 34.9 Å². The number of aromatic nitrogens is 3. The molecule has 268 valence electrons. The first-order valence-electron chi connectivity index (χ1n) is 17.9. The van der Waals surface area contributed by atoms with Crippen LogP contribution in [0.15, 0.2) is 77.9 Å². The fourth-order valence-corrected chi connectivity index (χ4v) is 7.43. The molecule has 5 aromatic rings. The number of carbonyl (C=O) groups is 2. The third-order valence-corrected chi connectivity index (χ3v) is 10.3. The van der Waals surface area contributed by atoms with Crippen LogP contribution in [0.25, 0.3) is 39.2 Å². The van der Waals surface area contributed by atoms with Crippen molar-refractivity contribution in [3.63, 3.8) is 0 Å². The van der Waals surface area contributed by atoms with E-state index in [0.29, 0.717) is 55.3 Å². The maximum atomic E-state index is 13.3. The van der Waals surface area contributed by atoms with E-state index in [0.717, 1.165) is 69.8 Å². The average Bonchev–Trinajstić information content (AvgIpc) is 3.77. The smallest absolute Gasteiger partial charge is 0.262 e. The average molecular weight is 719 g/mol. The molecule has 2 atom stereocenters. The number of pyridine rings is 2. The topological polar surface area (TPSA) is 142 Å². The Morgan fingerprint density at radius 3 is 2.15 bits per heavy atom. The first-order valence-corrected chi connectivity index (χ1v) is 18.3. The Morgan fingerprint density at radius 2 is 1.48 bits per heavy atom. The van der Waals surface area contributed by atoms with E-state index in [1.807, 2.05) is 49.4 Å². The Bertz CT molecular complexity index is 2200. The highest BCUT2D eigenvalue weighted by molar-refractivity contribution is 6.36. The molecule has 0 bridgehead atoms. The molecule has 2 aliphatic heterocycles. The van der Waals surface area contributed by atoms with Crippen LogP contribution in [0.3, 0.4) is 0 Å². The molecule has 2 aromatic carbocycles. The van der Waals surface area contributed by atoms with Crippen molar-refractivity contribution in [2.75, 3.05) is 25.0 Å². The quantitative estimate of drug-likeness (QED) is 0.112. The first-order chi connectivity index (χ1) is 25.3. The zero-order valence-electron chi connectivity index (χ0n) is 29.4. The summed E-state index contributed by atoms with van der Waals surface area (Å²) in [6, 6.07) is 20.4. The summed E-state index contributed by atoms with van der Waals surface area (Å²) in [7, 11) is 0. The van der Waals surface area contributed by atoms with Crippen LogP contribution < -0.4 is 32.1 Å². The Morgan fingerprint density at radius 1 is 0.827 bits per heavy atom. The zero-order chi connectivity index (χ0) is 36.2. The van der Waals surface area contributed by atoms with Gasteiger partial charge in [-0.3, -0.25) is 18.8 Å². The maximum Gasteiger partial charge on any atom is 0.262 e. The number of nitrogens with zero attached hydrogens (tertiary/aromatic N) is 3. The zero-order valence-corrected chi connectivity index (χ0v) is 30.1. The van der Waals surface area contributed by atoms with Gasteiger partial charge in [0.2, 0.25) is 11.8 Å². The number of amides is 2. The van der Waals surface area contributed by atoms with Crippen LogP contribution in [0, 0.1) is 6.92 Å². The number of anilines is 1. The molecule has 0 saturated carbocycles. The van der Waals surface area contributed by atoms with E-state index in [4.69, 9.17) is 16.6 Å². The summed E-state index contributed by atoms with van der Waals surface area (Å²) < 4.78 is 1.57. The molecule has 0 unspecified atom stereocenters. The molecule has 3 aromatic heterocycles. The molecular weight excluding hydrogens is 676 g/mol. The van der Waals surface area contributed by atoms with E-state index in [1.165, 1.54) is 0 Å². The molecule has 5 heterocycles. The van der Waals surface area contributed by atoms with Gasteiger partial charge in [-0.1, -0.05) is 54.1 Å². The van der Waals surface area contributed by atoms with Crippen molar-refractivity contribution in [3.8, 4) is 33.5 Å². The second kappa shape index (κ2) is 15.6. The standard InChI is InChI=1S/C40H43ClN8O3/c1-3-44-39-26(19-42-22-28-11-14-36(50)46-28)10-13-34(48-39)33-9-5-8-32(38(33)41)31-7-4-6-30(24(31)2)25-16-17-49-35(18-25)45-21-27(40(49)52)20-43-23-29-12-15-37(51)47-29/h4-10,13,16-18,21,28-29,42-43H,3,11-12,14-15,19-20,22-23H2,1-2H3,(H,44,48)(H,46,50)(H,47,51)/t28-,29-/m1/s1. The van der Waals surface area contributed by atoms with Crippen molar-refractivity contribution in [2.45, 2.75) is 64.7 Å². The number of halogens is 1. The molecule has 2 amide bonds. The Labute approximate surface area is 307 Å². The lowest BCUT2D eigenvalue weighted by Crippen LogP contribution is -2.36. The summed E-state index contributed by atoms with van der Waals surface area (Å²) in [6.45, 7) is 7.17. The molecule has 52 heavy (non-hydrogen) atoms. The van der Waals surface area contributed by atoms with Crippen LogP contribution in [-0.2, 0) is 22.7 Å². The molecule has 0 radical (unpaired) electrons. The van der Waals surface area contributed by atoms with Gasteiger partial charge in [-0.25, -0.2) is 9.97 Å². The maximum absolute atomic E-state index is 13.3. The minimum atomic E-state index is -0.122. The highest BCUT2D eigenvalue weighted by atomic mass is 35.5. The summed E-state index contributed by atoms with van der Waals surface area (Å²) in [5.74, 6) is 0.987. The lowest BCUT2D eigenvalue weighted by atomic mass is 9.92. The van der Waals surface area contributed by atoms with Gasteiger partial charge in [0.05, 0.1) is 10.7 Å². The lowest BCUT2D eigenvalue weighted by molar-refractivity contribution is -0.120. The van der Waals surface area contributed by atoms with Crippen LogP contribution in [0.2, 0.25) is 5.02 Å². The molecule has 0 spiro atoms. The minimum absolute atomic E-state index is 0.0725. The molecular formula is C40H43ClN8O3. The summed E-state index contributed by atoms with van der Waals surface area (Å²) in [6.07, 6.45) is 6.19. The number of rotatable bonds is 13. The van der Waals surface area contributed by atoms with E-state index >= 15 is 0 Å². The summed E-state index contributed by atoms with van der Waals surface area (Å²) in [5.41, 5.74) is 8.57. The normalized spacial score (nSPS) is 17.1. The molecule has 2 aliphatic rings. The summed E-state index contributed by atoms with van der Waals surface area (Å²) >= 11 is 7.20. The van der Waals surface area contributed by atoms with Crippen LogP contribution in [-0.4, -0.2) is 57.9 Å². The Kier molecular flexibility index (Phi) is 10.6. The number of benzene rings is 2. The molecule has 12 heteroatoms. The Hall–Kier alpha value is -5.10. The molecule has 0 aliphatic carbocycles. The predicted octanol–water partition coefficient (Wildman–Crippen LogP) is 5.22. The van der Waals surface area contributed by atoms with Gasteiger partial charge in [0.25, 0.3) is 5.56 Å². The number of carbonyl (C=O) groups excluding carboxylic acids is 2. The monoisotopic (exact) mass is 718 g/mol. The van der Waals surface area contributed by atoms with E-state index < -0.39 is 0 Å². The predicted molar refractivity (Wildman–Crippen MR) is 205 cm³/mol. The van der Waals surface area contributed by atoms with Crippen molar-refractivity contribution in [1.29, 1.82) is 0 Å². The van der Waals surface area contributed by atoms with Crippen LogP contribution in [0.1, 0.15) is 49.3 Å². The van der Waals surface area contributed by atoms with E-state index in [2.05, 4.69) is 56.7 Å². The van der Waals surface area contributed by atoms with Crippen molar-refractivity contribution in [1.82, 2.24) is 35.6 Å². The molecule has 5 N–H and O–H groups in total. The largest absolute Gasteiger partial charge is 0.370 e. The van der Waals surface area contributed by atoms with Crippen molar-refractivity contribution in [3.05, 3.63) is 105 Å². The van der Waals surface area contributed by atoms with Gasteiger partial charge >= 0.3 is 0 Å². The molecule has 7 rings (SSSR count). The van der Waals surface area contributed by atoms with Gasteiger partial charge in [0.15, 0.2) is 0 Å². The van der Waals surface area contributed by atoms with E-state index in [1.54, 1.807) is 16.8 Å². The molecule has 2 saturated heterocycles. The van der Waals surface area contributed by atoms with Gasteiger partial charge in [-0.15, -0.1) is 0 Å². The second-order valence-corrected chi connectivity index (χ2v) is 13.9. The van der Waals surface area contributed by atoms with Crippen LogP contribution >= 0.6 is 11.6 Å². The molecule has 2 fully saturated rings. The number of nitrogens with one attached hydrogen (secondary N) is 5. The lowest BCUT2D eigenvalue weighted by Gasteiger charge is -2.17. The fraction of sp³-hybridized carbons (Fsp3) is 0.325. The van der Waals surface area contributed by atoms with Gasteiger partial charge < -0.3 is 26.6 Å². The third kappa shape index (κ3) is 7.57. The third-order valence-electron chi connectivity index (χ3n) is 9.90. The molecule has 11 nitrogen and oxygen atoms in total. The highest BCUT2D eigenvalue weighted by Crippen LogP contribution is 2.40. The van der Waals surface area contributed by atoms with Gasteiger partial charge in [0, 0.05) is 92.3 Å². The Balaban J connectivity index is 1.11. The van der Waals surface area contributed by atoms with Crippen molar-refractivity contribution in [2.24, 2.45) is 0 Å². The van der Waals surface area contributed by atoms with Gasteiger partial charge in [-0.2, -0.15) is 0 Å². The summed E-state index contributed by atoms with van der Waals surface area (Å²) in [4.78, 5) is 46.0. The van der Waals surface area contributed by atoms with E-state index in [-0.39, 0.29) is 29.5 Å². The SMILES string of the molecule is CCNc1nc(-c2cccc(-c3cccc(-c4ccn5c(=O)c(CNC[C@H]6CCC(=O)N6)cnc5c4)c3C)c2Cl)ccc1CNC[C@H]1CCC(=O)N1. The fourth-order valence-electron chi connectivity index (χ4n) is 7.10. The minimum Gasteiger partial charge on any atom is -0.370 e. The first kappa shape index (κ1) is 35.3. The van der Waals surface area contributed by atoms with E-state index in [9.17, 15) is 14.4 Å². The number of hydrogen-bond acceptors (Lipinski definition) is 8. The summed E-state index contributed by atoms with van der Waals surface area (Å²) in [5, 5.41) is 16.7. The number of fused-ring (bicyclic) bond motifs is 1. The second-order valence-electron chi connectivity index (χ2n) is 13.5. The number of hydrogen-bond donors (Lipinski definition) is 5. The highest BCUT2D eigenvalue weighted by Gasteiger charge is 2.22. The van der Waals surface area contributed by atoms with Gasteiger partial charge in [-0.05, 0) is 67.1 Å². The van der Waals surface area contributed by atoms with Crippen LogP contribution in [0.4, 0.5) is 5.82 Å². The van der Waals surface area contributed by atoms with Crippen LogP contribution in [0.5, 0.6) is 0 Å². The van der Waals surface area contributed by atoms with Crippen molar-refractivity contribution < 1.29 is 9.59 Å². The van der Waals surface area contributed by atoms with Gasteiger partial charge in [0.1, 0.15) is 11.5 Å².